The number of hydrogen-bond acceptors (Lipinski definition) is 5. The molecule has 1 aliphatic rings. The average Bonchev–Trinajstić information content (AvgIpc) is 3.38. The Hall–Kier alpha value is -4.72. The van der Waals surface area contributed by atoms with Crippen molar-refractivity contribution in [1.29, 1.82) is 0 Å². The number of nitro groups is 1. The predicted molar refractivity (Wildman–Crippen MR) is 233 cm³/mol. The Morgan fingerprint density at radius 2 is 1.16 bits per heavy atom. The minimum atomic E-state index is -1.50. The summed E-state index contributed by atoms with van der Waals surface area (Å²) in [7, 11) is 0. The van der Waals surface area contributed by atoms with E-state index in [0.29, 0.717) is 0 Å². The zero-order valence-electron chi connectivity index (χ0n) is 34.8. The summed E-state index contributed by atoms with van der Waals surface area (Å²) in [5.41, 5.74) is 2.65. The predicted octanol–water partition coefficient (Wildman–Crippen LogP) is 11.5. The van der Waals surface area contributed by atoms with Crippen molar-refractivity contribution in [3.63, 3.8) is 0 Å². The molecule has 0 saturated heterocycles. The zero-order valence-corrected chi connectivity index (χ0v) is 34.8. The average molecular weight is 760 g/mol. The van der Waals surface area contributed by atoms with Gasteiger partial charge in [0.2, 0.25) is 0 Å². The van der Waals surface area contributed by atoms with Crippen LogP contribution in [0.2, 0.25) is 0 Å². The Kier molecular flexibility index (Phi) is 16.5. The summed E-state index contributed by atoms with van der Waals surface area (Å²) >= 11 is 0. The number of para-hydroxylation sites is 1. The number of aliphatic hydroxyl groups is 1. The van der Waals surface area contributed by atoms with Crippen molar-refractivity contribution in [2.45, 2.75) is 111 Å². The fraction of sp³-hybridized carbons (Fsp3) is 0.429. The molecule has 0 spiro atoms. The maximum absolute atomic E-state index is 12.7. The van der Waals surface area contributed by atoms with Crippen molar-refractivity contribution >= 4 is 29.6 Å². The third-order valence-corrected chi connectivity index (χ3v) is 11.4. The molecular formula is C49H65N3O4. The molecule has 0 amide bonds. The van der Waals surface area contributed by atoms with Gasteiger partial charge >= 0.3 is 0 Å². The van der Waals surface area contributed by atoms with Crippen LogP contribution in [0, 0.1) is 10.1 Å². The molecular weight excluding hydrogens is 695 g/mol. The minimum absolute atomic E-state index is 0.0189. The number of rotatable bonds is 19. The number of unbranched alkanes of at least 4 members (excludes halogenated alkanes) is 4. The summed E-state index contributed by atoms with van der Waals surface area (Å²) in [5, 5.41) is 36.3. The molecule has 1 N–H and O–H groups in total. The summed E-state index contributed by atoms with van der Waals surface area (Å²) < 4.78 is 1.42. The molecule has 0 aromatic heterocycles. The first-order valence-corrected chi connectivity index (χ1v) is 20.8. The van der Waals surface area contributed by atoms with Crippen LogP contribution >= 0.6 is 0 Å². The lowest BCUT2D eigenvalue weighted by Gasteiger charge is -2.42. The SMILES string of the molecule is CC1(C)c2ccccc2N(Cc2cc([N+](=O)[O-])ccc2[O-])C1(O)/C=C/c1ccc(/C=C/c2ccccc2)cc1.CCCC[N+](CCCC)(CCCC)CCCC. The van der Waals surface area contributed by atoms with Crippen LogP contribution in [-0.4, -0.2) is 46.4 Å². The summed E-state index contributed by atoms with van der Waals surface area (Å²) in [4.78, 5) is 12.6. The summed E-state index contributed by atoms with van der Waals surface area (Å²) in [6.07, 6.45) is 18.8. The molecule has 0 bridgehead atoms. The molecule has 4 aromatic carbocycles. The lowest BCUT2D eigenvalue weighted by atomic mass is 9.77. The Morgan fingerprint density at radius 3 is 1.68 bits per heavy atom. The molecule has 7 nitrogen and oxygen atoms in total. The topological polar surface area (TPSA) is 89.7 Å². The minimum Gasteiger partial charge on any atom is -0.872 e. The second-order valence-corrected chi connectivity index (χ2v) is 15.9. The fourth-order valence-corrected chi connectivity index (χ4v) is 7.77. The van der Waals surface area contributed by atoms with Gasteiger partial charge in [-0.05, 0) is 65.6 Å². The van der Waals surface area contributed by atoms with Crippen LogP contribution in [0.5, 0.6) is 5.75 Å². The van der Waals surface area contributed by atoms with Gasteiger partial charge in [0.15, 0.2) is 5.72 Å². The van der Waals surface area contributed by atoms with E-state index < -0.39 is 16.1 Å². The largest absolute Gasteiger partial charge is 0.872 e. The highest BCUT2D eigenvalue weighted by Crippen LogP contribution is 2.52. The number of anilines is 1. The highest BCUT2D eigenvalue weighted by Gasteiger charge is 2.54. The van der Waals surface area contributed by atoms with E-state index in [9.17, 15) is 20.3 Å². The molecule has 0 aliphatic carbocycles. The van der Waals surface area contributed by atoms with Crippen molar-refractivity contribution < 1.29 is 19.6 Å². The maximum atomic E-state index is 12.7. The Bertz CT molecular complexity index is 1830. The monoisotopic (exact) mass is 759 g/mol. The van der Waals surface area contributed by atoms with E-state index in [1.165, 1.54) is 100 Å². The summed E-state index contributed by atoms with van der Waals surface area (Å²) in [6, 6.07) is 29.5. The van der Waals surface area contributed by atoms with Crippen LogP contribution in [0.4, 0.5) is 11.4 Å². The van der Waals surface area contributed by atoms with Crippen LogP contribution in [0.1, 0.15) is 121 Å². The number of hydrogen-bond donors (Lipinski definition) is 1. The first kappa shape index (κ1) is 44.0. The Morgan fingerprint density at radius 1 is 0.679 bits per heavy atom. The van der Waals surface area contributed by atoms with E-state index in [1.54, 1.807) is 11.0 Å². The van der Waals surface area contributed by atoms with E-state index in [-0.39, 0.29) is 23.5 Å². The van der Waals surface area contributed by atoms with Gasteiger partial charge in [-0.2, -0.15) is 0 Å². The highest BCUT2D eigenvalue weighted by atomic mass is 16.6. The third kappa shape index (κ3) is 11.2. The number of benzene rings is 4. The van der Waals surface area contributed by atoms with E-state index in [1.807, 2.05) is 105 Å². The van der Waals surface area contributed by atoms with Gasteiger partial charge in [-0.1, -0.05) is 164 Å². The van der Waals surface area contributed by atoms with E-state index in [4.69, 9.17) is 0 Å². The van der Waals surface area contributed by atoms with Gasteiger partial charge < -0.3 is 19.6 Å². The van der Waals surface area contributed by atoms with Gasteiger partial charge in [-0.25, -0.2) is 0 Å². The van der Waals surface area contributed by atoms with Gasteiger partial charge in [0, 0.05) is 29.8 Å². The fourth-order valence-electron chi connectivity index (χ4n) is 7.77. The number of quaternary nitrogens is 1. The third-order valence-electron chi connectivity index (χ3n) is 11.4. The molecule has 0 radical (unpaired) electrons. The van der Waals surface area contributed by atoms with Gasteiger partial charge in [-0.3, -0.25) is 10.1 Å². The summed E-state index contributed by atoms with van der Waals surface area (Å²) in [6.45, 7) is 19.0. The molecule has 1 heterocycles. The lowest BCUT2D eigenvalue weighted by Crippen LogP contribution is -2.54. The van der Waals surface area contributed by atoms with E-state index in [0.717, 1.165) is 27.9 Å². The van der Waals surface area contributed by atoms with Crippen molar-refractivity contribution in [3.8, 4) is 5.75 Å². The first-order valence-electron chi connectivity index (χ1n) is 20.8. The van der Waals surface area contributed by atoms with Crippen molar-refractivity contribution in [2.24, 2.45) is 0 Å². The van der Waals surface area contributed by atoms with Crippen LogP contribution in [0.25, 0.3) is 18.2 Å². The second kappa shape index (κ2) is 21.0. The second-order valence-electron chi connectivity index (χ2n) is 15.9. The lowest BCUT2D eigenvalue weighted by molar-refractivity contribution is -0.929. The first-order chi connectivity index (χ1) is 26.9. The standard InChI is InChI=1S/C33H30N2O4.C16H36N/c1-32(2)29-10-6-7-11-30(29)34(23-27-22-28(35(38)39)18-19-31(27)36)33(32,37)21-20-26-16-14-25(15-17-26)13-12-24-8-4-3-5-9-24;1-5-9-13-17(14-10-6-2,15-11-7-3)16-12-8-4/h3-22,36-37H,23H2,1-2H3;5-16H2,1-4H3/q;+1/p-1/b13-12+,21-20+;. The van der Waals surface area contributed by atoms with Gasteiger partial charge in [-0.15, -0.1) is 5.75 Å². The smallest absolute Gasteiger partial charge is 0.269 e. The summed E-state index contributed by atoms with van der Waals surface area (Å²) in [5.74, 6) is -0.312. The van der Waals surface area contributed by atoms with Crippen LogP contribution < -0.4 is 10.0 Å². The molecule has 1 aliphatic heterocycles. The van der Waals surface area contributed by atoms with E-state index >= 15 is 0 Å². The molecule has 7 heteroatoms. The number of fused-ring (bicyclic) bond motifs is 1. The molecule has 0 fully saturated rings. The van der Waals surface area contributed by atoms with Crippen molar-refractivity contribution in [2.75, 3.05) is 31.1 Å². The van der Waals surface area contributed by atoms with E-state index in [2.05, 4.69) is 33.8 Å². The van der Waals surface area contributed by atoms with Crippen LogP contribution in [0.15, 0.2) is 103 Å². The zero-order chi connectivity index (χ0) is 40.6. The highest BCUT2D eigenvalue weighted by molar-refractivity contribution is 5.71. The normalized spacial score (nSPS) is 16.2. The molecule has 4 aromatic rings. The Labute approximate surface area is 336 Å². The van der Waals surface area contributed by atoms with Crippen molar-refractivity contribution in [1.82, 2.24) is 0 Å². The Balaban J connectivity index is 0.000000347. The molecule has 300 valence electrons. The molecule has 1 unspecified atom stereocenters. The van der Waals surface area contributed by atoms with Gasteiger partial charge in [0.25, 0.3) is 5.69 Å². The van der Waals surface area contributed by atoms with Crippen LogP contribution in [0.3, 0.4) is 0 Å². The van der Waals surface area contributed by atoms with Crippen molar-refractivity contribution in [3.05, 3.63) is 141 Å². The molecule has 1 atom stereocenters. The quantitative estimate of drug-likeness (QED) is 0.0445. The number of non-ortho nitro benzene ring substituents is 1. The maximum Gasteiger partial charge on any atom is 0.269 e. The molecule has 56 heavy (non-hydrogen) atoms. The number of nitrogens with zero attached hydrogens (tertiary/aromatic N) is 3. The molecule has 0 saturated carbocycles. The molecule has 5 rings (SSSR count). The number of nitro benzene ring substituents is 1. The van der Waals surface area contributed by atoms with Crippen LogP contribution in [-0.2, 0) is 12.0 Å². The van der Waals surface area contributed by atoms with Gasteiger partial charge in [0.1, 0.15) is 0 Å². The van der Waals surface area contributed by atoms with Gasteiger partial charge in [0.05, 0.1) is 31.1 Å².